The van der Waals surface area contributed by atoms with Crippen LogP contribution in [0.1, 0.15) is 42.6 Å². The number of nitrogens with one attached hydrogen (secondary N) is 1. The number of aromatic nitrogens is 2. The lowest BCUT2D eigenvalue weighted by Crippen LogP contribution is -2.15. The summed E-state index contributed by atoms with van der Waals surface area (Å²) in [6.45, 7) is 5.90. The van der Waals surface area contributed by atoms with E-state index in [-0.39, 0.29) is 12.3 Å². The molecule has 0 bridgehead atoms. The lowest BCUT2D eigenvalue weighted by atomic mass is 10.2. The topological polar surface area (TPSA) is 85.1 Å². The van der Waals surface area contributed by atoms with Gasteiger partial charge in [0.2, 0.25) is 5.91 Å². The SMILES string of the molecule is Cc1cc(NC(=O)CCS(=O)Cc2csc(C(C)C)n2)no1. The number of nitrogens with zero attached hydrogens (tertiary/aromatic N) is 2. The highest BCUT2D eigenvalue weighted by Crippen LogP contribution is 2.20. The minimum atomic E-state index is -1.10. The minimum Gasteiger partial charge on any atom is -0.360 e. The zero-order valence-corrected chi connectivity index (χ0v) is 14.4. The van der Waals surface area contributed by atoms with Crippen molar-refractivity contribution in [1.82, 2.24) is 10.1 Å². The van der Waals surface area contributed by atoms with Crippen LogP contribution >= 0.6 is 11.3 Å². The highest BCUT2D eigenvalue weighted by Gasteiger charge is 2.11. The van der Waals surface area contributed by atoms with Crippen molar-refractivity contribution in [2.45, 2.75) is 38.9 Å². The van der Waals surface area contributed by atoms with E-state index >= 15 is 0 Å². The normalized spacial score (nSPS) is 12.5. The first kappa shape index (κ1) is 16.8. The van der Waals surface area contributed by atoms with Gasteiger partial charge in [-0.1, -0.05) is 19.0 Å². The van der Waals surface area contributed by atoms with Crippen molar-refractivity contribution in [3.05, 3.63) is 27.9 Å². The van der Waals surface area contributed by atoms with Crippen molar-refractivity contribution in [3.63, 3.8) is 0 Å². The highest BCUT2D eigenvalue weighted by molar-refractivity contribution is 7.84. The number of hydrogen-bond donors (Lipinski definition) is 1. The molecule has 22 heavy (non-hydrogen) atoms. The summed E-state index contributed by atoms with van der Waals surface area (Å²) in [5.41, 5.74) is 0.833. The number of carbonyl (C=O) groups is 1. The van der Waals surface area contributed by atoms with Crippen LogP contribution in [0.25, 0.3) is 0 Å². The van der Waals surface area contributed by atoms with Gasteiger partial charge in [0.15, 0.2) is 5.82 Å². The third-order valence-corrected chi connectivity index (χ3v) is 5.30. The maximum Gasteiger partial charge on any atom is 0.226 e. The number of thiazole rings is 1. The summed E-state index contributed by atoms with van der Waals surface area (Å²) in [5, 5.41) is 9.27. The maximum absolute atomic E-state index is 12.0. The van der Waals surface area contributed by atoms with Gasteiger partial charge in [0.05, 0.1) is 16.5 Å². The lowest BCUT2D eigenvalue weighted by molar-refractivity contribution is -0.115. The van der Waals surface area contributed by atoms with Crippen molar-refractivity contribution in [1.29, 1.82) is 0 Å². The van der Waals surface area contributed by atoms with Crippen LogP contribution < -0.4 is 5.32 Å². The fraction of sp³-hybridized carbons (Fsp3) is 0.500. The molecular formula is C14H19N3O3S2. The molecule has 0 saturated carbocycles. The second-order valence-electron chi connectivity index (χ2n) is 5.24. The fourth-order valence-electron chi connectivity index (χ4n) is 1.73. The Labute approximate surface area is 135 Å². The largest absolute Gasteiger partial charge is 0.360 e. The van der Waals surface area contributed by atoms with Crippen LogP contribution in [0.15, 0.2) is 16.0 Å². The van der Waals surface area contributed by atoms with Crippen molar-refractivity contribution < 1.29 is 13.5 Å². The van der Waals surface area contributed by atoms with Crippen LogP contribution in [-0.4, -0.2) is 26.0 Å². The molecule has 0 spiro atoms. The molecule has 0 radical (unpaired) electrons. The Bertz CT molecular complexity index is 664. The Hall–Kier alpha value is -1.54. The number of anilines is 1. The molecule has 1 atom stereocenters. The van der Waals surface area contributed by atoms with E-state index in [1.165, 1.54) is 0 Å². The van der Waals surface area contributed by atoms with E-state index in [2.05, 4.69) is 29.3 Å². The van der Waals surface area contributed by atoms with Gasteiger partial charge in [0.1, 0.15) is 5.76 Å². The molecule has 2 rings (SSSR count). The van der Waals surface area contributed by atoms with Crippen LogP contribution in [-0.2, 0) is 21.3 Å². The van der Waals surface area contributed by atoms with Crippen LogP contribution in [0.3, 0.4) is 0 Å². The van der Waals surface area contributed by atoms with E-state index in [1.807, 2.05) is 5.38 Å². The van der Waals surface area contributed by atoms with Crippen molar-refractivity contribution in [2.75, 3.05) is 11.1 Å². The number of carbonyl (C=O) groups excluding carboxylic acids is 1. The molecule has 0 aliphatic rings. The predicted molar refractivity (Wildman–Crippen MR) is 87.4 cm³/mol. The van der Waals surface area contributed by atoms with E-state index in [4.69, 9.17) is 4.52 Å². The molecule has 120 valence electrons. The van der Waals surface area contributed by atoms with E-state index in [0.717, 1.165) is 10.7 Å². The van der Waals surface area contributed by atoms with E-state index in [1.54, 1.807) is 24.3 Å². The monoisotopic (exact) mass is 341 g/mol. The zero-order chi connectivity index (χ0) is 16.1. The van der Waals surface area contributed by atoms with Gasteiger partial charge in [-0.2, -0.15) is 0 Å². The molecular weight excluding hydrogens is 322 g/mol. The standard InChI is InChI=1S/C14H19N3O3S2/c1-9(2)14-15-11(7-21-14)8-22(19)5-4-13(18)16-12-6-10(3)20-17-12/h6-7,9H,4-5,8H2,1-3H3,(H,16,17,18). The number of aryl methyl sites for hydroxylation is 1. The van der Waals surface area contributed by atoms with E-state index < -0.39 is 10.8 Å². The predicted octanol–water partition coefficient (Wildman–Crippen LogP) is 2.84. The van der Waals surface area contributed by atoms with Gasteiger partial charge in [0, 0.05) is 40.3 Å². The second kappa shape index (κ2) is 7.64. The van der Waals surface area contributed by atoms with Crippen molar-refractivity contribution >= 4 is 33.9 Å². The lowest BCUT2D eigenvalue weighted by Gasteiger charge is -2.01. The summed E-state index contributed by atoms with van der Waals surface area (Å²) in [6.07, 6.45) is 0.180. The molecule has 2 aromatic heterocycles. The van der Waals surface area contributed by atoms with E-state index in [9.17, 15) is 9.00 Å². The first-order valence-electron chi connectivity index (χ1n) is 6.96. The van der Waals surface area contributed by atoms with Crippen LogP contribution in [0.2, 0.25) is 0 Å². The molecule has 1 N–H and O–H groups in total. The Kier molecular flexibility index (Phi) is 5.84. The van der Waals surface area contributed by atoms with Gasteiger partial charge in [-0.25, -0.2) is 4.98 Å². The number of amides is 1. The molecule has 0 saturated heterocycles. The second-order valence-corrected chi connectivity index (χ2v) is 7.71. The first-order chi connectivity index (χ1) is 10.4. The Morgan fingerprint density at radius 3 is 2.86 bits per heavy atom. The third-order valence-electron chi connectivity index (χ3n) is 2.82. The summed E-state index contributed by atoms with van der Waals surface area (Å²) in [5.74, 6) is 1.86. The number of hydrogen-bond acceptors (Lipinski definition) is 6. The van der Waals surface area contributed by atoms with Gasteiger partial charge >= 0.3 is 0 Å². The van der Waals surface area contributed by atoms with Crippen molar-refractivity contribution in [3.8, 4) is 0 Å². The number of rotatable bonds is 7. The summed E-state index contributed by atoms with van der Waals surface area (Å²) in [4.78, 5) is 16.2. The molecule has 0 fully saturated rings. The zero-order valence-electron chi connectivity index (χ0n) is 12.8. The molecule has 0 aromatic carbocycles. The Balaban J connectivity index is 1.76. The van der Waals surface area contributed by atoms with Gasteiger partial charge in [-0.3, -0.25) is 9.00 Å². The Morgan fingerprint density at radius 1 is 1.50 bits per heavy atom. The Morgan fingerprint density at radius 2 is 2.27 bits per heavy atom. The maximum atomic E-state index is 12.0. The quantitative estimate of drug-likeness (QED) is 0.837. The minimum absolute atomic E-state index is 0.180. The van der Waals surface area contributed by atoms with Gasteiger partial charge in [-0.15, -0.1) is 11.3 Å². The molecule has 1 amide bonds. The average Bonchev–Trinajstić information content (AvgIpc) is 3.06. The molecule has 0 aliphatic carbocycles. The summed E-state index contributed by atoms with van der Waals surface area (Å²) >= 11 is 1.58. The van der Waals surface area contributed by atoms with Crippen LogP contribution in [0.5, 0.6) is 0 Å². The first-order valence-corrected chi connectivity index (χ1v) is 9.33. The van der Waals surface area contributed by atoms with Crippen LogP contribution in [0.4, 0.5) is 5.82 Å². The van der Waals surface area contributed by atoms with Gasteiger partial charge in [0.25, 0.3) is 0 Å². The molecule has 8 heteroatoms. The molecule has 0 aliphatic heterocycles. The third kappa shape index (κ3) is 5.03. The average molecular weight is 341 g/mol. The van der Waals surface area contributed by atoms with Gasteiger partial charge in [-0.05, 0) is 6.92 Å². The highest BCUT2D eigenvalue weighted by atomic mass is 32.2. The molecule has 2 aromatic rings. The fourth-order valence-corrected chi connectivity index (χ4v) is 3.70. The van der Waals surface area contributed by atoms with E-state index in [0.29, 0.717) is 29.0 Å². The molecule has 1 unspecified atom stereocenters. The summed E-state index contributed by atoms with van der Waals surface area (Å²) in [6, 6.07) is 1.64. The summed E-state index contributed by atoms with van der Waals surface area (Å²) < 4.78 is 16.9. The molecule has 2 heterocycles. The van der Waals surface area contributed by atoms with Gasteiger partial charge < -0.3 is 9.84 Å². The smallest absolute Gasteiger partial charge is 0.226 e. The van der Waals surface area contributed by atoms with Crippen LogP contribution in [0, 0.1) is 6.92 Å². The summed E-state index contributed by atoms with van der Waals surface area (Å²) in [7, 11) is -1.10. The molecule has 6 nitrogen and oxygen atoms in total. The van der Waals surface area contributed by atoms with Crippen molar-refractivity contribution in [2.24, 2.45) is 0 Å².